The maximum Gasteiger partial charge on any atom is 0.187 e. The standard InChI is InChI=1S/C38H66O13/c1-18(2)26(49-35-32(31(47-6)27(16-39)50-35)51-34-30(45)29(44)25(43)17-48-34)8-7-19(3)21-14-23(41)33-37(21,5)12-10-28-36(4)11-9-20(40)13-22(36)24(42)15-38(28,33)46/h18-35,39-46H,7-17H2,1-6H3/t19-,20+,21-,22?,23+,24+,25-,26+,27+,28?,29+,30-,31+,32-,33?,34+,35-,36+,37-,38+/m1/s1. The molecule has 6 aliphatic rings. The minimum Gasteiger partial charge on any atom is -0.394 e. The number of methoxy groups -OCH3 is 1. The molecule has 0 radical (unpaired) electrons. The van der Waals surface area contributed by atoms with Crippen molar-refractivity contribution in [2.45, 2.75) is 172 Å². The minimum absolute atomic E-state index is 0.0416. The van der Waals surface area contributed by atoms with Gasteiger partial charge in [-0.05, 0) is 91.8 Å². The Hall–Kier alpha value is -0.520. The fourth-order valence-electron chi connectivity index (χ4n) is 12.2. The summed E-state index contributed by atoms with van der Waals surface area (Å²) in [4.78, 5) is 0. The molecule has 8 N–H and O–H groups in total. The van der Waals surface area contributed by atoms with E-state index in [0.29, 0.717) is 25.7 Å². The summed E-state index contributed by atoms with van der Waals surface area (Å²) in [7, 11) is 1.47. The molecule has 4 aliphatic carbocycles. The van der Waals surface area contributed by atoms with Gasteiger partial charge in [0.15, 0.2) is 12.6 Å². The maximum absolute atomic E-state index is 12.6. The molecule has 20 atom stereocenters. The van der Waals surface area contributed by atoms with E-state index < -0.39 is 73.1 Å². The summed E-state index contributed by atoms with van der Waals surface area (Å²) in [6.07, 6.45) is -5.03. The average molecular weight is 731 g/mol. The smallest absolute Gasteiger partial charge is 0.187 e. The summed E-state index contributed by atoms with van der Waals surface area (Å²) in [5, 5.41) is 87.0. The lowest BCUT2D eigenvalue weighted by Gasteiger charge is -2.66. The van der Waals surface area contributed by atoms with Gasteiger partial charge in [0.25, 0.3) is 0 Å². The van der Waals surface area contributed by atoms with Crippen LogP contribution in [0.4, 0.5) is 0 Å². The number of hydrogen-bond acceptors (Lipinski definition) is 13. The van der Waals surface area contributed by atoms with Crippen LogP contribution in [0.2, 0.25) is 0 Å². The van der Waals surface area contributed by atoms with Crippen LogP contribution in [0.3, 0.4) is 0 Å². The molecule has 0 amide bonds. The molecule has 0 aromatic carbocycles. The summed E-state index contributed by atoms with van der Waals surface area (Å²) in [5.74, 6) is -0.0422. The van der Waals surface area contributed by atoms with Crippen LogP contribution in [-0.2, 0) is 23.7 Å². The second kappa shape index (κ2) is 15.2. The Bertz CT molecular complexity index is 1180. The van der Waals surface area contributed by atoms with Crippen molar-refractivity contribution in [2.24, 2.45) is 46.3 Å². The van der Waals surface area contributed by atoms with E-state index >= 15 is 0 Å². The molecule has 4 saturated carbocycles. The zero-order valence-corrected chi connectivity index (χ0v) is 31.3. The van der Waals surface area contributed by atoms with E-state index in [1.165, 1.54) is 7.11 Å². The third-order valence-corrected chi connectivity index (χ3v) is 14.8. The van der Waals surface area contributed by atoms with Crippen LogP contribution in [-0.4, -0.2) is 140 Å². The number of fused-ring (bicyclic) bond motifs is 5. The third kappa shape index (κ3) is 6.97. The molecular formula is C38H66O13. The second-order valence-corrected chi connectivity index (χ2v) is 18.0. The number of hydrogen-bond donors (Lipinski definition) is 8. The Morgan fingerprint density at radius 1 is 0.824 bits per heavy atom. The van der Waals surface area contributed by atoms with Crippen molar-refractivity contribution in [1.29, 1.82) is 0 Å². The van der Waals surface area contributed by atoms with Crippen LogP contribution in [0.1, 0.15) is 92.4 Å². The van der Waals surface area contributed by atoms with Gasteiger partial charge in [-0.3, -0.25) is 0 Å². The van der Waals surface area contributed by atoms with Gasteiger partial charge in [-0.2, -0.15) is 0 Å². The quantitative estimate of drug-likeness (QED) is 0.150. The summed E-state index contributed by atoms with van der Waals surface area (Å²) in [5.41, 5.74) is -1.79. The van der Waals surface area contributed by atoms with Gasteiger partial charge in [0.05, 0.1) is 43.2 Å². The van der Waals surface area contributed by atoms with Crippen LogP contribution in [0.5, 0.6) is 0 Å². The first-order chi connectivity index (χ1) is 24.0. The molecule has 2 saturated heterocycles. The lowest BCUT2D eigenvalue weighted by Crippen LogP contribution is -2.68. The molecule has 0 aromatic heterocycles. The zero-order valence-electron chi connectivity index (χ0n) is 31.3. The van der Waals surface area contributed by atoms with Gasteiger partial charge in [0.2, 0.25) is 0 Å². The zero-order chi connectivity index (χ0) is 37.2. The Morgan fingerprint density at radius 3 is 2.20 bits per heavy atom. The summed E-state index contributed by atoms with van der Waals surface area (Å²) < 4.78 is 29.9. The molecule has 6 fully saturated rings. The van der Waals surface area contributed by atoms with E-state index in [9.17, 15) is 40.9 Å². The van der Waals surface area contributed by atoms with Gasteiger partial charge >= 0.3 is 0 Å². The Labute approximate surface area is 302 Å². The molecule has 2 heterocycles. The largest absolute Gasteiger partial charge is 0.394 e. The van der Waals surface area contributed by atoms with Gasteiger partial charge in [-0.15, -0.1) is 0 Å². The third-order valence-electron chi connectivity index (χ3n) is 14.8. The van der Waals surface area contributed by atoms with Crippen LogP contribution >= 0.6 is 0 Å². The molecule has 0 bridgehead atoms. The van der Waals surface area contributed by atoms with E-state index in [0.717, 1.165) is 25.7 Å². The molecule has 13 nitrogen and oxygen atoms in total. The van der Waals surface area contributed by atoms with Gasteiger partial charge < -0.3 is 64.5 Å². The fourth-order valence-corrected chi connectivity index (χ4v) is 12.2. The van der Waals surface area contributed by atoms with E-state index in [1.807, 2.05) is 0 Å². The van der Waals surface area contributed by atoms with E-state index in [4.69, 9.17) is 23.7 Å². The average Bonchev–Trinajstić information content (AvgIpc) is 3.56. The topological polar surface area (TPSA) is 208 Å². The fraction of sp³-hybridized carbons (Fsp3) is 1.00. The highest BCUT2D eigenvalue weighted by Gasteiger charge is 2.70. The number of rotatable bonds is 11. The number of aliphatic hydroxyl groups is 8. The first kappa shape index (κ1) is 40.2. The number of ether oxygens (including phenoxy) is 5. The minimum atomic E-state index is -1.52. The van der Waals surface area contributed by atoms with Crippen LogP contribution in [0.25, 0.3) is 0 Å². The maximum atomic E-state index is 12.6. The summed E-state index contributed by atoms with van der Waals surface area (Å²) >= 11 is 0. The highest BCUT2D eigenvalue weighted by Crippen LogP contribution is 2.69. The van der Waals surface area contributed by atoms with Crippen molar-refractivity contribution in [2.75, 3.05) is 20.3 Å². The second-order valence-electron chi connectivity index (χ2n) is 18.0. The Kier molecular flexibility index (Phi) is 12.0. The van der Waals surface area contributed by atoms with Crippen molar-refractivity contribution in [3.63, 3.8) is 0 Å². The highest BCUT2D eigenvalue weighted by molar-refractivity contribution is 5.20. The van der Waals surface area contributed by atoms with Crippen molar-refractivity contribution in [3.8, 4) is 0 Å². The Balaban J connectivity index is 1.14. The molecule has 13 heteroatoms. The Morgan fingerprint density at radius 2 is 1.53 bits per heavy atom. The highest BCUT2D eigenvalue weighted by atomic mass is 16.8. The summed E-state index contributed by atoms with van der Waals surface area (Å²) in [6, 6.07) is 0. The molecule has 2 aliphatic heterocycles. The molecule has 3 unspecified atom stereocenters. The van der Waals surface area contributed by atoms with Gasteiger partial charge in [0.1, 0.15) is 36.6 Å². The normalized spacial score (nSPS) is 52.6. The lowest BCUT2D eigenvalue weighted by molar-refractivity contribution is -0.308. The van der Waals surface area contributed by atoms with Gasteiger partial charge in [-0.1, -0.05) is 34.6 Å². The molecular weight excluding hydrogens is 664 g/mol. The van der Waals surface area contributed by atoms with Crippen molar-refractivity contribution in [3.05, 3.63) is 0 Å². The molecule has 51 heavy (non-hydrogen) atoms. The molecule has 296 valence electrons. The SMILES string of the molecule is CO[C@@H]1[C@@H](O[C@@H]2OC[C@@H](O)[C@H](O)[C@H]2O)[C@H](O[C@@H](CC[C@@H](C)[C@H]2C[C@H](O)C3[C@]4(O)C[C@H](O)C5C[C@@H](O)CC[C@]5(C)C4CC[C@@]32C)C(C)C)O[C@H]1CO. The van der Waals surface area contributed by atoms with Crippen molar-refractivity contribution < 1.29 is 64.5 Å². The van der Waals surface area contributed by atoms with E-state index in [2.05, 4.69) is 34.6 Å². The van der Waals surface area contributed by atoms with Crippen LogP contribution in [0.15, 0.2) is 0 Å². The molecule has 6 rings (SSSR count). The first-order valence-electron chi connectivity index (χ1n) is 19.5. The predicted octanol–water partition coefficient (Wildman–Crippen LogP) is 1.08. The predicted molar refractivity (Wildman–Crippen MR) is 183 cm³/mol. The van der Waals surface area contributed by atoms with Gasteiger partial charge in [-0.25, -0.2) is 0 Å². The van der Waals surface area contributed by atoms with Gasteiger partial charge in [0, 0.05) is 19.4 Å². The van der Waals surface area contributed by atoms with E-state index in [-0.39, 0.29) is 72.1 Å². The van der Waals surface area contributed by atoms with Crippen LogP contribution in [0, 0.1) is 46.3 Å². The van der Waals surface area contributed by atoms with Crippen molar-refractivity contribution >= 4 is 0 Å². The first-order valence-corrected chi connectivity index (χ1v) is 19.5. The molecule has 0 aromatic rings. The number of aliphatic hydroxyl groups excluding tert-OH is 7. The van der Waals surface area contributed by atoms with Crippen molar-refractivity contribution in [1.82, 2.24) is 0 Å². The monoisotopic (exact) mass is 730 g/mol. The van der Waals surface area contributed by atoms with Crippen LogP contribution < -0.4 is 0 Å². The van der Waals surface area contributed by atoms with E-state index in [1.54, 1.807) is 0 Å². The molecule has 0 spiro atoms. The lowest BCUT2D eigenvalue weighted by atomic mass is 9.42. The summed E-state index contributed by atoms with van der Waals surface area (Å²) in [6.45, 7) is 10.2.